The van der Waals surface area contributed by atoms with Gasteiger partial charge in [0.05, 0.1) is 10.5 Å². The van der Waals surface area contributed by atoms with Crippen LogP contribution in [0.25, 0.3) is 0 Å². The molecular weight excluding hydrogens is 284 g/mol. The van der Waals surface area contributed by atoms with Crippen LogP contribution >= 0.6 is 0 Å². The van der Waals surface area contributed by atoms with Gasteiger partial charge in [0, 0.05) is 18.6 Å². The minimum atomic E-state index is -0.733. The Morgan fingerprint density at radius 2 is 1.64 bits per heavy atom. The van der Waals surface area contributed by atoms with Crippen molar-refractivity contribution in [3.8, 4) is 0 Å². The summed E-state index contributed by atoms with van der Waals surface area (Å²) >= 11 is 0. The third kappa shape index (κ3) is 3.99. The molecule has 0 atom stereocenters. The Morgan fingerprint density at radius 1 is 1.00 bits per heavy atom. The normalized spacial score (nSPS) is 11.2. The smallest absolute Gasteiger partial charge is 0.430 e. The molecule has 0 fully saturated rings. The number of nitro groups is 1. The van der Waals surface area contributed by atoms with Gasteiger partial charge in [-0.1, -0.05) is 30.3 Å². The number of hydroxylamine groups is 1. The topological polar surface area (TPSA) is 86.3 Å². The largest absolute Gasteiger partial charge is 0.616 e. The number of hydrogen-bond donors (Lipinski definition) is 0. The summed E-state index contributed by atoms with van der Waals surface area (Å²) in [7, 11) is 0. The van der Waals surface area contributed by atoms with Crippen LogP contribution in [0.1, 0.15) is 22.3 Å². The van der Waals surface area contributed by atoms with E-state index in [4.69, 9.17) is 0 Å². The van der Waals surface area contributed by atoms with Crippen LogP contribution in [-0.4, -0.2) is 21.8 Å². The Morgan fingerprint density at radius 3 is 2.23 bits per heavy atom. The van der Waals surface area contributed by atoms with Gasteiger partial charge in [-0.15, -0.1) is 4.74 Å². The summed E-state index contributed by atoms with van der Waals surface area (Å²) < 4.78 is 0.268. The minimum absolute atomic E-state index is 0.122. The van der Waals surface area contributed by atoms with E-state index in [0.29, 0.717) is 12.8 Å². The van der Waals surface area contributed by atoms with Crippen molar-refractivity contribution in [1.82, 2.24) is 0 Å². The maximum atomic E-state index is 11.9. The van der Waals surface area contributed by atoms with Crippen molar-refractivity contribution in [2.45, 2.75) is 12.8 Å². The number of nitrogens with zero attached hydrogens (tertiary/aromatic N) is 2. The van der Waals surface area contributed by atoms with E-state index in [9.17, 15) is 20.1 Å². The Hall–Kier alpha value is -3.02. The summed E-state index contributed by atoms with van der Waals surface area (Å²) in [6, 6.07) is 14.6. The first kappa shape index (κ1) is 15.4. The van der Waals surface area contributed by atoms with Crippen molar-refractivity contribution in [2.75, 3.05) is 0 Å². The minimum Gasteiger partial charge on any atom is -0.616 e. The van der Waals surface area contributed by atoms with Gasteiger partial charge in [-0.3, -0.25) is 10.1 Å². The zero-order chi connectivity index (χ0) is 15.9. The van der Waals surface area contributed by atoms with Crippen LogP contribution in [0, 0.1) is 15.3 Å². The lowest BCUT2D eigenvalue weighted by Crippen LogP contribution is -2.16. The van der Waals surface area contributed by atoms with Gasteiger partial charge in [0.1, 0.15) is 0 Å². The van der Waals surface area contributed by atoms with Crippen LogP contribution in [0.4, 0.5) is 5.69 Å². The molecule has 0 aromatic heterocycles. The van der Waals surface area contributed by atoms with Crippen LogP contribution in [0.3, 0.4) is 0 Å². The molecule has 22 heavy (non-hydrogen) atoms. The van der Waals surface area contributed by atoms with Gasteiger partial charge >= 0.3 is 5.91 Å². The van der Waals surface area contributed by atoms with Gasteiger partial charge in [0.2, 0.25) is 0 Å². The molecule has 0 saturated carbocycles. The van der Waals surface area contributed by atoms with Crippen molar-refractivity contribution < 1.29 is 14.5 Å². The second-order valence-corrected chi connectivity index (χ2v) is 4.64. The second-order valence-electron chi connectivity index (χ2n) is 4.64. The number of non-ortho nitro benzene ring substituents is 1. The Labute approximate surface area is 127 Å². The van der Waals surface area contributed by atoms with Crippen LogP contribution in [-0.2, 0) is 6.42 Å². The number of amides is 1. The van der Waals surface area contributed by atoms with Crippen molar-refractivity contribution in [3.05, 3.63) is 81.0 Å². The lowest BCUT2D eigenvalue weighted by atomic mass is 10.1. The van der Waals surface area contributed by atoms with Crippen LogP contribution in [0.15, 0.2) is 54.6 Å². The third-order valence-corrected chi connectivity index (χ3v) is 3.10. The van der Waals surface area contributed by atoms with Crippen molar-refractivity contribution in [1.29, 1.82) is 0 Å². The van der Waals surface area contributed by atoms with Crippen LogP contribution in [0.5, 0.6) is 0 Å². The van der Waals surface area contributed by atoms with E-state index in [1.165, 1.54) is 30.5 Å². The van der Waals surface area contributed by atoms with Crippen LogP contribution < -0.4 is 0 Å². The highest BCUT2D eigenvalue weighted by Crippen LogP contribution is 2.12. The fourth-order valence-electron chi connectivity index (χ4n) is 1.93. The average Bonchev–Trinajstić information content (AvgIpc) is 2.55. The summed E-state index contributed by atoms with van der Waals surface area (Å²) in [5, 5.41) is 22.3. The van der Waals surface area contributed by atoms with Crippen molar-refractivity contribution in [3.63, 3.8) is 0 Å². The van der Waals surface area contributed by atoms with Crippen LogP contribution in [0.2, 0.25) is 0 Å². The fraction of sp³-hybridized carbons (Fsp3) is 0.125. The highest BCUT2D eigenvalue weighted by molar-refractivity contribution is 5.90. The monoisotopic (exact) mass is 298 g/mol. The van der Waals surface area contributed by atoms with Crippen molar-refractivity contribution in [2.24, 2.45) is 0 Å². The molecule has 0 aliphatic heterocycles. The number of rotatable bonds is 5. The highest BCUT2D eigenvalue weighted by Gasteiger charge is 2.15. The number of hydrogen-bond acceptors (Lipinski definition) is 4. The number of aryl methyl sites for hydroxylation is 1. The molecule has 1 amide bonds. The summed E-state index contributed by atoms with van der Waals surface area (Å²) in [6.45, 7) is 0. The molecule has 6 nitrogen and oxygen atoms in total. The van der Waals surface area contributed by atoms with E-state index in [2.05, 4.69) is 0 Å². The predicted octanol–water partition coefficient (Wildman–Crippen LogP) is 2.95. The Balaban J connectivity index is 1.99. The first-order valence-electron chi connectivity index (χ1n) is 6.70. The molecule has 0 heterocycles. The van der Waals surface area contributed by atoms with E-state index in [1.54, 1.807) is 0 Å². The van der Waals surface area contributed by atoms with Gasteiger partial charge in [-0.05, 0) is 24.1 Å². The lowest BCUT2D eigenvalue weighted by Gasteiger charge is -2.02. The van der Waals surface area contributed by atoms with Gasteiger partial charge in [0.15, 0.2) is 6.21 Å². The zero-order valence-corrected chi connectivity index (χ0v) is 11.7. The molecule has 112 valence electrons. The standard InChI is InChI=1S/C16H14N2O4/c19-16(14-8-10-15(11-9-14)18(21)22)17(20)12-4-7-13-5-2-1-3-6-13/h1-3,5-6,8-12H,4,7H2. The van der Waals surface area contributed by atoms with E-state index in [-0.39, 0.29) is 16.0 Å². The van der Waals surface area contributed by atoms with Gasteiger partial charge in [-0.2, -0.15) is 0 Å². The van der Waals surface area contributed by atoms with Crippen molar-refractivity contribution >= 4 is 17.8 Å². The van der Waals surface area contributed by atoms with Gasteiger partial charge in [0.25, 0.3) is 5.69 Å². The average molecular weight is 298 g/mol. The Bertz CT molecular complexity index is 694. The van der Waals surface area contributed by atoms with E-state index < -0.39 is 10.8 Å². The number of nitro benzene ring substituents is 1. The molecule has 0 N–H and O–H groups in total. The Kier molecular flexibility index (Phi) is 4.98. The zero-order valence-electron chi connectivity index (χ0n) is 11.7. The number of carbonyl (C=O) groups is 1. The molecule has 6 heteroatoms. The van der Waals surface area contributed by atoms with E-state index in [1.807, 2.05) is 30.3 Å². The molecular formula is C16H14N2O4. The second kappa shape index (κ2) is 7.12. The maximum Gasteiger partial charge on any atom is 0.430 e. The molecule has 0 aliphatic carbocycles. The van der Waals surface area contributed by atoms with Gasteiger partial charge in [-0.25, -0.2) is 4.79 Å². The predicted molar refractivity (Wildman–Crippen MR) is 81.9 cm³/mol. The summed E-state index contributed by atoms with van der Waals surface area (Å²) in [5.74, 6) is -0.733. The van der Waals surface area contributed by atoms with Gasteiger partial charge < -0.3 is 5.21 Å². The molecule has 0 bridgehead atoms. The number of benzene rings is 2. The molecule has 2 aromatic carbocycles. The molecule has 0 spiro atoms. The molecule has 0 unspecified atom stereocenters. The third-order valence-electron chi connectivity index (χ3n) is 3.10. The first-order valence-corrected chi connectivity index (χ1v) is 6.70. The SMILES string of the molecule is O=C(c1ccc([N+](=O)[O-])cc1)[N+]([O-])=CCCc1ccccc1. The quantitative estimate of drug-likeness (QED) is 0.279. The van der Waals surface area contributed by atoms with E-state index >= 15 is 0 Å². The summed E-state index contributed by atoms with van der Waals surface area (Å²) in [5.41, 5.74) is 1.08. The molecule has 2 rings (SSSR count). The molecule has 2 aromatic rings. The fourth-order valence-corrected chi connectivity index (χ4v) is 1.93. The summed E-state index contributed by atoms with van der Waals surface area (Å²) in [4.78, 5) is 21.9. The molecule has 0 aliphatic rings. The lowest BCUT2D eigenvalue weighted by molar-refractivity contribution is -0.384. The number of carbonyl (C=O) groups excluding carboxylic acids is 1. The maximum absolute atomic E-state index is 11.9. The highest BCUT2D eigenvalue weighted by atomic mass is 16.6. The summed E-state index contributed by atoms with van der Waals surface area (Å²) in [6.07, 6.45) is 2.37. The molecule has 0 saturated heterocycles. The van der Waals surface area contributed by atoms with E-state index in [0.717, 1.165) is 5.56 Å². The first-order chi connectivity index (χ1) is 10.6. The molecule has 0 radical (unpaired) electrons.